The molecule has 0 spiro atoms. The number of hydrogen-bond donors (Lipinski definition) is 1. The van der Waals surface area contributed by atoms with E-state index >= 15 is 0 Å². The normalized spacial score (nSPS) is 20.9. The second-order valence-electron chi connectivity index (χ2n) is 4.70. The van der Waals surface area contributed by atoms with Crippen molar-refractivity contribution in [1.29, 1.82) is 0 Å². The predicted octanol–water partition coefficient (Wildman–Crippen LogP) is 1.67. The van der Waals surface area contributed by atoms with Gasteiger partial charge in [0.05, 0.1) is 0 Å². The summed E-state index contributed by atoms with van der Waals surface area (Å²) in [5, 5.41) is 0. The van der Waals surface area contributed by atoms with Crippen LogP contribution in [0.3, 0.4) is 0 Å². The van der Waals surface area contributed by atoms with Crippen LogP contribution < -0.4 is 5.73 Å². The monoisotopic (exact) mass is 308 g/mol. The molecule has 0 radical (unpaired) electrons. The van der Waals surface area contributed by atoms with E-state index in [1.54, 1.807) is 13.0 Å². The van der Waals surface area contributed by atoms with Crippen LogP contribution in [0.5, 0.6) is 0 Å². The van der Waals surface area contributed by atoms with Crippen LogP contribution >= 0.6 is 12.4 Å². The van der Waals surface area contributed by atoms with E-state index in [4.69, 9.17) is 5.73 Å². The summed E-state index contributed by atoms with van der Waals surface area (Å²) in [6.07, 6.45) is 1.52. The quantitative estimate of drug-likeness (QED) is 0.904. The van der Waals surface area contributed by atoms with Crippen LogP contribution in [-0.2, 0) is 10.0 Å². The molecule has 4 nitrogen and oxygen atoms in total. The molecule has 2 N–H and O–H groups in total. The van der Waals surface area contributed by atoms with E-state index in [2.05, 4.69) is 0 Å². The van der Waals surface area contributed by atoms with Crippen molar-refractivity contribution in [3.63, 3.8) is 0 Å². The first-order valence-electron chi connectivity index (χ1n) is 5.93. The number of halogens is 2. The van der Waals surface area contributed by atoms with E-state index in [0.29, 0.717) is 13.0 Å². The summed E-state index contributed by atoms with van der Waals surface area (Å²) in [6.45, 7) is 2.40. The van der Waals surface area contributed by atoms with Gasteiger partial charge >= 0.3 is 0 Å². The van der Waals surface area contributed by atoms with Crippen LogP contribution in [0.4, 0.5) is 4.39 Å². The average Bonchev–Trinajstić information content (AvgIpc) is 2.32. The van der Waals surface area contributed by atoms with Crippen LogP contribution in [0.25, 0.3) is 0 Å². The Hall–Kier alpha value is -0.690. The fourth-order valence-electron chi connectivity index (χ4n) is 2.14. The number of nitrogens with zero attached hydrogens (tertiary/aromatic N) is 1. The van der Waals surface area contributed by atoms with Gasteiger partial charge in [-0.3, -0.25) is 0 Å². The van der Waals surface area contributed by atoms with Crippen molar-refractivity contribution in [2.24, 2.45) is 5.73 Å². The molecule has 0 unspecified atom stereocenters. The van der Waals surface area contributed by atoms with Crippen molar-refractivity contribution in [2.75, 3.05) is 13.1 Å². The van der Waals surface area contributed by atoms with Crippen molar-refractivity contribution in [1.82, 2.24) is 4.31 Å². The Kier molecular flexibility index (Phi) is 5.32. The molecule has 0 saturated carbocycles. The molecule has 1 aromatic rings. The third-order valence-electron chi connectivity index (χ3n) is 3.13. The summed E-state index contributed by atoms with van der Waals surface area (Å²) in [5.41, 5.74) is 6.49. The summed E-state index contributed by atoms with van der Waals surface area (Å²) >= 11 is 0. The largest absolute Gasteiger partial charge is 0.327 e. The number of sulfonamides is 1. The van der Waals surface area contributed by atoms with E-state index in [1.165, 1.54) is 16.4 Å². The summed E-state index contributed by atoms with van der Waals surface area (Å²) in [4.78, 5) is -0.253. The zero-order chi connectivity index (χ0) is 13.3. The minimum absolute atomic E-state index is 0. The van der Waals surface area contributed by atoms with Crippen LogP contribution in [-0.4, -0.2) is 31.9 Å². The molecular weight excluding hydrogens is 291 g/mol. The molecule has 108 valence electrons. The molecule has 1 atom stereocenters. The van der Waals surface area contributed by atoms with Gasteiger partial charge in [0.25, 0.3) is 0 Å². The van der Waals surface area contributed by atoms with Crippen molar-refractivity contribution < 1.29 is 12.8 Å². The zero-order valence-corrected chi connectivity index (χ0v) is 12.3. The molecule has 0 aliphatic carbocycles. The van der Waals surface area contributed by atoms with Crippen molar-refractivity contribution in [3.8, 4) is 0 Å². The molecule has 1 aromatic carbocycles. The lowest BCUT2D eigenvalue weighted by Crippen LogP contribution is -2.45. The Balaban J connectivity index is 0.00000180. The molecule has 0 amide bonds. The molecule has 19 heavy (non-hydrogen) atoms. The first-order chi connectivity index (χ1) is 8.41. The fourth-order valence-corrected chi connectivity index (χ4v) is 3.82. The molecule has 1 fully saturated rings. The van der Waals surface area contributed by atoms with Gasteiger partial charge in [-0.15, -0.1) is 12.4 Å². The van der Waals surface area contributed by atoms with Crippen molar-refractivity contribution in [2.45, 2.75) is 30.7 Å². The topological polar surface area (TPSA) is 63.4 Å². The Labute approximate surface area is 119 Å². The Morgan fingerprint density at radius 2 is 2.11 bits per heavy atom. The highest BCUT2D eigenvalue weighted by atomic mass is 35.5. The summed E-state index contributed by atoms with van der Waals surface area (Å²) < 4.78 is 39.6. The van der Waals surface area contributed by atoms with Gasteiger partial charge < -0.3 is 5.73 Å². The number of nitrogens with two attached hydrogens (primary N) is 1. The average molecular weight is 309 g/mol. The fraction of sp³-hybridized carbons (Fsp3) is 0.500. The number of piperidine rings is 1. The molecule has 1 aliphatic heterocycles. The van der Waals surface area contributed by atoms with E-state index in [9.17, 15) is 12.8 Å². The highest BCUT2D eigenvalue weighted by Gasteiger charge is 2.30. The lowest BCUT2D eigenvalue weighted by Gasteiger charge is -2.30. The molecule has 0 bridgehead atoms. The minimum atomic E-state index is -3.77. The van der Waals surface area contributed by atoms with E-state index in [1.807, 2.05) is 0 Å². The Bertz CT molecular complexity index is 551. The third kappa shape index (κ3) is 3.45. The Morgan fingerprint density at radius 1 is 1.42 bits per heavy atom. The maximum Gasteiger partial charge on any atom is 0.246 e. The van der Waals surface area contributed by atoms with Gasteiger partial charge in [0, 0.05) is 19.1 Å². The standard InChI is InChI=1S/C12H17FN2O2S.ClH/c1-9-4-5-11(13)12(7-9)18(16,17)15-6-2-3-10(14)8-15;/h4-5,7,10H,2-3,6,8,14H2,1H3;1H/t10-;/m1./s1. The zero-order valence-electron chi connectivity index (χ0n) is 10.7. The minimum Gasteiger partial charge on any atom is -0.327 e. The smallest absolute Gasteiger partial charge is 0.246 e. The van der Waals surface area contributed by atoms with Gasteiger partial charge in [-0.05, 0) is 37.5 Å². The van der Waals surface area contributed by atoms with Gasteiger partial charge in [-0.2, -0.15) is 4.31 Å². The highest BCUT2D eigenvalue weighted by molar-refractivity contribution is 7.89. The summed E-state index contributed by atoms with van der Waals surface area (Å²) in [6, 6.07) is 3.94. The number of benzene rings is 1. The van der Waals surface area contributed by atoms with Gasteiger partial charge in [-0.25, -0.2) is 12.8 Å². The van der Waals surface area contributed by atoms with Gasteiger partial charge in [0.15, 0.2) is 0 Å². The third-order valence-corrected chi connectivity index (χ3v) is 5.01. The molecule has 2 rings (SSSR count). The van der Waals surface area contributed by atoms with Crippen LogP contribution in [0, 0.1) is 12.7 Å². The highest BCUT2D eigenvalue weighted by Crippen LogP contribution is 2.23. The summed E-state index contributed by atoms with van der Waals surface area (Å²) in [7, 11) is -3.77. The first kappa shape index (κ1) is 16.4. The van der Waals surface area contributed by atoms with Gasteiger partial charge in [-0.1, -0.05) is 6.07 Å². The number of hydrogen-bond acceptors (Lipinski definition) is 3. The predicted molar refractivity (Wildman–Crippen MR) is 74.4 cm³/mol. The maximum absolute atomic E-state index is 13.7. The number of rotatable bonds is 2. The lowest BCUT2D eigenvalue weighted by atomic mass is 10.1. The second kappa shape index (κ2) is 6.17. The number of aryl methyl sites for hydroxylation is 1. The van der Waals surface area contributed by atoms with Crippen molar-refractivity contribution >= 4 is 22.4 Å². The van der Waals surface area contributed by atoms with E-state index in [-0.39, 0.29) is 29.9 Å². The summed E-state index contributed by atoms with van der Waals surface area (Å²) in [5.74, 6) is -0.709. The van der Waals surface area contributed by atoms with Gasteiger partial charge in [0.1, 0.15) is 10.7 Å². The molecule has 1 heterocycles. The van der Waals surface area contributed by atoms with Crippen LogP contribution in [0.15, 0.2) is 23.1 Å². The SMILES string of the molecule is Cc1ccc(F)c(S(=O)(=O)N2CCC[C@@H](N)C2)c1.Cl. The Morgan fingerprint density at radius 3 is 2.74 bits per heavy atom. The van der Waals surface area contributed by atoms with Crippen LogP contribution in [0.1, 0.15) is 18.4 Å². The maximum atomic E-state index is 13.7. The second-order valence-corrected chi connectivity index (χ2v) is 6.61. The lowest BCUT2D eigenvalue weighted by molar-refractivity contribution is 0.315. The molecule has 0 aromatic heterocycles. The van der Waals surface area contributed by atoms with E-state index in [0.717, 1.165) is 12.0 Å². The molecule has 1 saturated heterocycles. The molecule has 7 heteroatoms. The molecular formula is C12H18ClFN2O2S. The van der Waals surface area contributed by atoms with E-state index < -0.39 is 15.8 Å². The van der Waals surface area contributed by atoms with Crippen molar-refractivity contribution in [3.05, 3.63) is 29.6 Å². The van der Waals surface area contributed by atoms with Gasteiger partial charge in [0.2, 0.25) is 10.0 Å². The molecule has 1 aliphatic rings. The van der Waals surface area contributed by atoms with Crippen LogP contribution in [0.2, 0.25) is 0 Å². The first-order valence-corrected chi connectivity index (χ1v) is 7.37.